The van der Waals surface area contributed by atoms with Gasteiger partial charge in [0, 0.05) is 23.2 Å². The molecule has 2 aromatic rings. The minimum atomic E-state index is 0.0933. The highest BCUT2D eigenvalue weighted by Gasteiger charge is 2.28. The molecule has 0 radical (unpaired) electrons. The van der Waals surface area contributed by atoms with Gasteiger partial charge in [0.15, 0.2) is 0 Å². The van der Waals surface area contributed by atoms with E-state index >= 15 is 0 Å². The van der Waals surface area contributed by atoms with Crippen molar-refractivity contribution in [1.82, 2.24) is 4.90 Å². The summed E-state index contributed by atoms with van der Waals surface area (Å²) in [6.07, 6.45) is 2.51. The molecule has 3 rings (SSSR count). The summed E-state index contributed by atoms with van der Waals surface area (Å²) in [6.45, 7) is 5.72. The summed E-state index contributed by atoms with van der Waals surface area (Å²) >= 11 is 1.52. The first-order valence-corrected chi connectivity index (χ1v) is 7.99. The largest absolute Gasteiger partial charge is 0.397 e. The predicted molar refractivity (Wildman–Crippen MR) is 85.3 cm³/mol. The molecule has 1 heterocycles. The van der Waals surface area contributed by atoms with E-state index in [1.54, 1.807) is 0 Å². The molecule has 1 aromatic heterocycles. The number of rotatable bonds is 4. The fourth-order valence-corrected chi connectivity index (χ4v) is 3.68. The van der Waals surface area contributed by atoms with Crippen LogP contribution in [0.15, 0.2) is 18.2 Å². The molecule has 1 aromatic carbocycles. The Balaban J connectivity index is 1.95. The van der Waals surface area contributed by atoms with Crippen LogP contribution in [0.4, 0.5) is 5.69 Å². The van der Waals surface area contributed by atoms with Gasteiger partial charge in [-0.3, -0.25) is 4.79 Å². The number of aryl methyl sites for hydroxylation is 1. The van der Waals surface area contributed by atoms with Crippen LogP contribution in [0.5, 0.6) is 0 Å². The zero-order valence-corrected chi connectivity index (χ0v) is 12.8. The van der Waals surface area contributed by atoms with E-state index in [-0.39, 0.29) is 5.91 Å². The lowest BCUT2D eigenvalue weighted by Gasteiger charge is -2.20. The molecule has 1 saturated carbocycles. The number of hydrogen-bond donors (Lipinski definition) is 1. The summed E-state index contributed by atoms with van der Waals surface area (Å²) in [5.41, 5.74) is 8.03. The summed E-state index contributed by atoms with van der Waals surface area (Å²) in [5.74, 6) is 0.799. The summed E-state index contributed by atoms with van der Waals surface area (Å²) in [5, 5.41) is 1.01. The second-order valence-corrected chi connectivity index (χ2v) is 6.68. The monoisotopic (exact) mass is 288 g/mol. The molecule has 0 bridgehead atoms. The van der Waals surface area contributed by atoms with Gasteiger partial charge in [-0.05, 0) is 44.2 Å². The number of benzene rings is 1. The summed E-state index contributed by atoms with van der Waals surface area (Å²) < 4.78 is 1.10. The van der Waals surface area contributed by atoms with Crippen LogP contribution in [0.25, 0.3) is 10.1 Å². The van der Waals surface area contributed by atoms with Crippen LogP contribution in [-0.4, -0.2) is 23.9 Å². The molecule has 0 aliphatic heterocycles. The first kappa shape index (κ1) is 13.4. The van der Waals surface area contributed by atoms with Gasteiger partial charge in [-0.2, -0.15) is 0 Å². The number of fused-ring (bicyclic) bond motifs is 1. The zero-order chi connectivity index (χ0) is 14.3. The van der Waals surface area contributed by atoms with Gasteiger partial charge in [-0.15, -0.1) is 11.3 Å². The molecule has 0 spiro atoms. The van der Waals surface area contributed by atoms with Gasteiger partial charge in [0.2, 0.25) is 0 Å². The number of amides is 1. The molecule has 0 saturated heterocycles. The van der Waals surface area contributed by atoms with E-state index < -0.39 is 0 Å². The third-order valence-corrected chi connectivity index (χ3v) is 5.08. The van der Waals surface area contributed by atoms with Crippen LogP contribution in [0.3, 0.4) is 0 Å². The van der Waals surface area contributed by atoms with Crippen molar-refractivity contribution in [2.75, 3.05) is 18.8 Å². The lowest BCUT2D eigenvalue weighted by atomic mass is 10.1. The maximum Gasteiger partial charge on any atom is 0.266 e. The summed E-state index contributed by atoms with van der Waals surface area (Å²) in [7, 11) is 0. The molecular weight excluding hydrogens is 268 g/mol. The van der Waals surface area contributed by atoms with Crippen molar-refractivity contribution < 1.29 is 4.79 Å². The maximum atomic E-state index is 12.7. The van der Waals surface area contributed by atoms with Gasteiger partial charge in [-0.25, -0.2) is 0 Å². The Morgan fingerprint density at radius 3 is 2.85 bits per heavy atom. The van der Waals surface area contributed by atoms with Crippen molar-refractivity contribution in [2.24, 2.45) is 5.92 Å². The topological polar surface area (TPSA) is 46.3 Å². The van der Waals surface area contributed by atoms with Crippen molar-refractivity contribution in [3.63, 3.8) is 0 Å². The Morgan fingerprint density at radius 2 is 2.20 bits per heavy atom. The van der Waals surface area contributed by atoms with E-state index in [2.05, 4.69) is 13.0 Å². The number of hydrogen-bond acceptors (Lipinski definition) is 3. The minimum absolute atomic E-state index is 0.0933. The van der Waals surface area contributed by atoms with Crippen molar-refractivity contribution in [1.29, 1.82) is 0 Å². The first-order chi connectivity index (χ1) is 9.60. The van der Waals surface area contributed by atoms with E-state index in [9.17, 15) is 4.79 Å². The Kier molecular flexibility index (Phi) is 3.42. The molecule has 4 heteroatoms. The third kappa shape index (κ3) is 2.40. The minimum Gasteiger partial charge on any atom is -0.397 e. The Hall–Kier alpha value is -1.55. The van der Waals surface area contributed by atoms with E-state index in [1.807, 2.05) is 24.0 Å². The summed E-state index contributed by atoms with van der Waals surface area (Å²) in [6, 6.07) is 6.16. The average Bonchev–Trinajstić information content (AvgIpc) is 3.19. The van der Waals surface area contributed by atoms with E-state index in [4.69, 9.17) is 5.73 Å². The maximum absolute atomic E-state index is 12.7. The number of nitrogens with two attached hydrogens (primary N) is 1. The number of carbonyl (C=O) groups is 1. The molecule has 1 aliphatic rings. The normalized spacial score (nSPS) is 14.7. The number of thiophene rings is 1. The molecule has 3 nitrogen and oxygen atoms in total. The Morgan fingerprint density at radius 1 is 1.45 bits per heavy atom. The Labute approximate surface area is 123 Å². The lowest BCUT2D eigenvalue weighted by molar-refractivity contribution is 0.0763. The van der Waals surface area contributed by atoms with Crippen molar-refractivity contribution >= 4 is 33.0 Å². The zero-order valence-electron chi connectivity index (χ0n) is 12.0. The van der Waals surface area contributed by atoms with Gasteiger partial charge < -0.3 is 10.6 Å². The first-order valence-electron chi connectivity index (χ1n) is 7.18. The van der Waals surface area contributed by atoms with Crippen LogP contribution in [0, 0.1) is 12.8 Å². The standard InChI is InChI=1S/C16H20N2OS/c1-3-18(9-11-5-6-11)16(19)15-14(17)12-7-4-10(2)8-13(12)20-15/h4,7-8,11H,3,5-6,9,17H2,1-2H3. The van der Waals surface area contributed by atoms with Gasteiger partial charge >= 0.3 is 0 Å². The van der Waals surface area contributed by atoms with Crippen LogP contribution in [0.1, 0.15) is 35.0 Å². The predicted octanol–water partition coefficient (Wildman–Crippen LogP) is 3.66. The Bertz CT molecular complexity index is 658. The molecular formula is C16H20N2OS. The highest BCUT2D eigenvalue weighted by molar-refractivity contribution is 7.21. The fourth-order valence-electron chi connectivity index (χ4n) is 2.49. The SMILES string of the molecule is CCN(CC1CC1)C(=O)c1sc2cc(C)ccc2c1N. The summed E-state index contributed by atoms with van der Waals surface area (Å²) in [4.78, 5) is 15.3. The van der Waals surface area contributed by atoms with Crippen molar-refractivity contribution in [3.8, 4) is 0 Å². The van der Waals surface area contributed by atoms with Gasteiger partial charge in [0.1, 0.15) is 4.88 Å². The molecule has 1 amide bonds. The van der Waals surface area contributed by atoms with Gasteiger partial charge in [0.05, 0.1) is 5.69 Å². The number of nitrogens with zero attached hydrogens (tertiary/aromatic N) is 1. The van der Waals surface area contributed by atoms with Crippen LogP contribution in [-0.2, 0) is 0 Å². The van der Waals surface area contributed by atoms with E-state index in [0.717, 1.165) is 23.2 Å². The van der Waals surface area contributed by atoms with Crippen LogP contribution < -0.4 is 5.73 Å². The smallest absolute Gasteiger partial charge is 0.266 e. The molecule has 0 atom stereocenters. The number of nitrogen functional groups attached to an aromatic ring is 1. The fraction of sp³-hybridized carbons (Fsp3) is 0.438. The van der Waals surface area contributed by atoms with E-state index in [0.29, 0.717) is 16.5 Å². The van der Waals surface area contributed by atoms with Gasteiger partial charge in [-0.1, -0.05) is 12.1 Å². The van der Waals surface area contributed by atoms with Crippen molar-refractivity contribution in [2.45, 2.75) is 26.7 Å². The van der Waals surface area contributed by atoms with Crippen LogP contribution in [0.2, 0.25) is 0 Å². The molecule has 1 aliphatic carbocycles. The number of carbonyl (C=O) groups excluding carboxylic acids is 1. The quantitative estimate of drug-likeness (QED) is 0.933. The average molecular weight is 288 g/mol. The lowest BCUT2D eigenvalue weighted by Crippen LogP contribution is -2.32. The van der Waals surface area contributed by atoms with Crippen molar-refractivity contribution in [3.05, 3.63) is 28.6 Å². The molecule has 2 N–H and O–H groups in total. The van der Waals surface area contributed by atoms with E-state index in [1.165, 1.54) is 29.7 Å². The van der Waals surface area contributed by atoms with Gasteiger partial charge in [0.25, 0.3) is 5.91 Å². The molecule has 0 unspecified atom stereocenters. The molecule has 106 valence electrons. The molecule has 20 heavy (non-hydrogen) atoms. The van der Waals surface area contributed by atoms with Crippen LogP contribution >= 0.6 is 11.3 Å². The third-order valence-electron chi connectivity index (χ3n) is 3.92. The number of anilines is 1. The second-order valence-electron chi connectivity index (χ2n) is 5.63. The highest BCUT2D eigenvalue weighted by atomic mass is 32.1. The molecule has 1 fully saturated rings. The second kappa shape index (κ2) is 5.09. The highest BCUT2D eigenvalue weighted by Crippen LogP contribution is 2.36.